The molecule has 0 bridgehead atoms. The molecular weight excluding hydrogens is 476 g/mol. The number of aliphatic hydroxyl groups excluding tert-OH is 2. The second-order valence-electron chi connectivity index (χ2n) is 12.0. The van der Waals surface area contributed by atoms with E-state index in [0.29, 0.717) is 0 Å². The zero-order valence-electron chi connectivity index (χ0n) is 23.9. The summed E-state index contributed by atoms with van der Waals surface area (Å²) < 4.78 is 0. The summed E-state index contributed by atoms with van der Waals surface area (Å²) in [6.07, 6.45) is 8.31. The third-order valence-corrected chi connectivity index (χ3v) is 8.46. The topological polar surface area (TPSA) is 87.4 Å². The number of benzene rings is 2. The highest BCUT2D eigenvalue weighted by Gasteiger charge is 2.41. The van der Waals surface area contributed by atoms with Crippen molar-refractivity contribution >= 4 is 0 Å². The Kier molecular flexibility index (Phi) is 11.3. The average molecular weight is 527 g/mol. The summed E-state index contributed by atoms with van der Waals surface area (Å²) in [6, 6.07) is 15.6. The van der Waals surface area contributed by atoms with Gasteiger partial charge >= 0.3 is 0 Å². The fourth-order valence-corrected chi connectivity index (χ4v) is 6.46. The van der Waals surface area contributed by atoms with Crippen molar-refractivity contribution in [3.63, 3.8) is 0 Å². The van der Waals surface area contributed by atoms with Gasteiger partial charge in [-0.15, -0.1) is 0 Å². The molecule has 0 aliphatic heterocycles. The molecule has 2 saturated carbocycles. The maximum Gasteiger partial charge on any atom is 0.0936 e. The maximum absolute atomic E-state index is 11.2. The molecule has 2 fully saturated rings. The molecule has 0 heterocycles. The van der Waals surface area contributed by atoms with Gasteiger partial charge in [0.15, 0.2) is 0 Å². The van der Waals surface area contributed by atoms with E-state index in [-0.39, 0.29) is 25.0 Å². The lowest BCUT2D eigenvalue weighted by Gasteiger charge is -2.42. The Morgan fingerprint density at radius 3 is 1.39 bits per heavy atom. The van der Waals surface area contributed by atoms with E-state index >= 15 is 0 Å². The third-order valence-electron chi connectivity index (χ3n) is 8.46. The molecule has 6 heteroatoms. The minimum absolute atomic E-state index is 0.0300. The fraction of sp³-hybridized carbons (Fsp3) is 0.625. The van der Waals surface area contributed by atoms with Crippen LogP contribution in [-0.4, -0.2) is 71.5 Å². The molecule has 38 heavy (non-hydrogen) atoms. The minimum Gasteiger partial charge on any atom is -0.392 e. The van der Waals surface area contributed by atoms with Crippen molar-refractivity contribution in [2.45, 2.75) is 75.8 Å². The first kappa shape index (κ1) is 30.7. The molecule has 4 N–H and O–H groups in total. The van der Waals surface area contributed by atoms with Crippen molar-refractivity contribution in [2.24, 2.45) is 11.8 Å². The van der Waals surface area contributed by atoms with Crippen LogP contribution in [-0.2, 0) is 24.4 Å². The molecule has 2 aliphatic carbocycles. The first-order valence-corrected chi connectivity index (χ1v) is 14.3. The maximum atomic E-state index is 11.2. The van der Waals surface area contributed by atoms with Crippen LogP contribution in [0.2, 0.25) is 0 Å². The lowest BCUT2D eigenvalue weighted by molar-refractivity contribution is -0.0621. The minimum atomic E-state index is -0.742. The predicted molar refractivity (Wildman–Crippen MR) is 154 cm³/mol. The zero-order valence-corrected chi connectivity index (χ0v) is 23.9. The van der Waals surface area contributed by atoms with Crippen molar-refractivity contribution in [3.8, 4) is 0 Å². The van der Waals surface area contributed by atoms with Gasteiger partial charge in [0.2, 0.25) is 0 Å². The van der Waals surface area contributed by atoms with Crippen LogP contribution in [0.4, 0.5) is 0 Å². The Balaban J connectivity index is 0.000000211. The summed E-state index contributed by atoms with van der Waals surface area (Å²) in [5.74, 6) is 0.537. The molecule has 2 aliphatic rings. The summed E-state index contributed by atoms with van der Waals surface area (Å²) in [6.45, 7) is 1.87. The Bertz CT molecular complexity index is 917. The van der Waals surface area contributed by atoms with Gasteiger partial charge in [0, 0.05) is 24.9 Å². The summed E-state index contributed by atoms with van der Waals surface area (Å²) in [5.41, 5.74) is 2.19. The molecule has 6 nitrogen and oxygen atoms in total. The lowest BCUT2D eigenvalue weighted by Crippen LogP contribution is -2.43. The van der Waals surface area contributed by atoms with Crippen molar-refractivity contribution < 1.29 is 20.4 Å². The van der Waals surface area contributed by atoms with Crippen molar-refractivity contribution in [1.82, 2.24) is 9.80 Å². The molecule has 4 atom stereocenters. The Hall–Kier alpha value is -1.80. The number of rotatable bonds is 8. The summed E-state index contributed by atoms with van der Waals surface area (Å²) in [5, 5.41) is 40.9. The third kappa shape index (κ3) is 7.65. The van der Waals surface area contributed by atoms with E-state index in [1.165, 1.54) is 12.8 Å². The normalized spacial score (nSPS) is 27.7. The Morgan fingerprint density at radius 1 is 0.658 bits per heavy atom. The molecule has 0 spiro atoms. The van der Waals surface area contributed by atoms with Crippen molar-refractivity contribution in [1.29, 1.82) is 0 Å². The molecule has 0 aromatic heterocycles. The molecule has 4 rings (SSSR count). The van der Waals surface area contributed by atoms with Crippen LogP contribution in [0.5, 0.6) is 0 Å². The fourth-order valence-electron chi connectivity index (χ4n) is 6.46. The quantitative estimate of drug-likeness (QED) is 0.412. The van der Waals surface area contributed by atoms with E-state index in [0.717, 1.165) is 73.9 Å². The van der Waals surface area contributed by atoms with Gasteiger partial charge in [-0.25, -0.2) is 0 Å². The van der Waals surface area contributed by atoms with E-state index in [2.05, 4.69) is 38.0 Å². The van der Waals surface area contributed by atoms with Crippen LogP contribution in [0, 0.1) is 11.8 Å². The van der Waals surface area contributed by atoms with Gasteiger partial charge in [0.05, 0.1) is 24.4 Å². The van der Waals surface area contributed by atoms with E-state index in [1.54, 1.807) is 0 Å². The highest BCUT2D eigenvalue weighted by molar-refractivity contribution is 5.30. The molecular formula is C32H50N2O4. The highest BCUT2D eigenvalue weighted by atomic mass is 16.3. The second kappa shape index (κ2) is 14.0. The zero-order chi connectivity index (χ0) is 27.8. The first-order valence-electron chi connectivity index (χ1n) is 14.3. The van der Waals surface area contributed by atoms with Crippen LogP contribution in [0.15, 0.2) is 48.5 Å². The van der Waals surface area contributed by atoms with Gasteiger partial charge in [-0.2, -0.15) is 0 Å². The van der Waals surface area contributed by atoms with Crippen LogP contribution < -0.4 is 0 Å². The number of nitrogens with zero attached hydrogens (tertiary/aromatic N) is 2. The van der Waals surface area contributed by atoms with Gasteiger partial charge in [-0.3, -0.25) is 0 Å². The monoisotopic (exact) mass is 526 g/mol. The van der Waals surface area contributed by atoms with E-state index in [4.69, 9.17) is 0 Å². The van der Waals surface area contributed by atoms with Gasteiger partial charge in [-0.1, -0.05) is 74.2 Å². The summed E-state index contributed by atoms with van der Waals surface area (Å²) >= 11 is 0. The number of hydrogen-bond acceptors (Lipinski definition) is 6. The highest BCUT2D eigenvalue weighted by Crippen LogP contribution is 2.43. The van der Waals surface area contributed by atoms with Crippen molar-refractivity contribution in [2.75, 3.05) is 41.3 Å². The molecule has 2 aromatic carbocycles. The van der Waals surface area contributed by atoms with Gasteiger partial charge in [-0.05, 0) is 76.1 Å². The van der Waals surface area contributed by atoms with E-state index in [9.17, 15) is 20.4 Å². The van der Waals surface area contributed by atoms with E-state index < -0.39 is 11.2 Å². The SMILES string of the molecule is CN(C)C[C@@H]1CCCC[C@@]1(O)c1cccc(CO)c1.CN(C)C[C@H]1CCCC[C@]1(O)c1cccc(CO)c1. The molecule has 0 amide bonds. The Morgan fingerprint density at radius 2 is 1.05 bits per heavy atom. The van der Waals surface area contributed by atoms with Crippen molar-refractivity contribution in [3.05, 3.63) is 70.8 Å². The van der Waals surface area contributed by atoms with Crippen LogP contribution in [0.25, 0.3) is 0 Å². The van der Waals surface area contributed by atoms with Gasteiger partial charge in [0.1, 0.15) is 0 Å². The average Bonchev–Trinajstić information content (AvgIpc) is 2.91. The second-order valence-corrected chi connectivity index (χ2v) is 12.0. The number of aliphatic hydroxyl groups is 4. The largest absolute Gasteiger partial charge is 0.392 e. The molecule has 0 radical (unpaired) electrons. The smallest absolute Gasteiger partial charge is 0.0936 e. The van der Waals surface area contributed by atoms with E-state index in [1.807, 2.05) is 48.5 Å². The van der Waals surface area contributed by atoms with Crippen LogP contribution in [0.1, 0.15) is 73.6 Å². The van der Waals surface area contributed by atoms with Gasteiger partial charge in [0.25, 0.3) is 0 Å². The Labute approximate surface area is 229 Å². The molecule has 0 unspecified atom stereocenters. The lowest BCUT2D eigenvalue weighted by atomic mass is 9.71. The van der Waals surface area contributed by atoms with Crippen LogP contribution in [0.3, 0.4) is 0 Å². The van der Waals surface area contributed by atoms with Gasteiger partial charge < -0.3 is 30.2 Å². The standard InChI is InChI=1S/2C16H25NO2/c2*1-17(2)11-15-7-3-4-9-16(15,19)14-8-5-6-13(10-14)12-18/h2*5-6,8,10,15,18-19H,3-4,7,9,11-12H2,1-2H3/t2*15-,16+/m10/s1. The van der Waals surface area contributed by atoms with Crippen LogP contribution >= 0.6 is 0 Å². The molecule has 212 valence electrons. The number of hydrogen-bond donors (Lipinski definition) is 4. The first-order chi connectivity index (χ1) is 18.1. The molecule has 2 aromatic rings. The predicted octanol–water partition coefficient (Wildman–Crippen LogP) is 4.24. The summed E-state index contributed by atoms with van der Waals surface area (Å²) in [4.78, 5) is 4.30. The summed E-state index contributed by atoms with van der Waals surface area (Å²) in [7, 11) is 8.22. The molecule has 0 saturated heterocycles.